The van der Waals surface area contributed by atoms with Gasteiger partial charge in [0.2, 0.25) is 0 Å². The molecule has 4 aromatic rings. The maximum absolute atomic E-state index is 11.6. The van der Waals surface area contributed by atoms with E-state index in [1.807, 2.05) is 23.4 Å². The van der Waals surface area contributed by atoms with Crippen LogP contribution in [0, 0.1) is 0 Å². The predicted molar refractivity (Wildman–Crippen MR) is 218 cm³/mol. The topological polar surface area (TPSA) is 151 Å². The number of H-pyrrole nitrogens is 2. The number of piperazine rings is 2. The zero-order chi connectivity index (χ0) is 36.4. The minimum atomic E-state index is -0.114. The fourth-order valence-electron chi connectivity index (χ4n) is 8.93. The summed E-state index contributed by atoms with van der Waals surface area (Å²) in [4.78, 5) is 44.5. The summed E-state index contributed by atoms with van der Waals surface area (Å²) in [5, 5.41) is 6.68. The van der Waals surface area contributed by atoms with Crippen LogP contribution < -0.4 is 20.9 Å². The van der Waals surface area contributed by atoms with E-state index >= 15 is 0 Å². The summed E-state index contributed by atoms with van der Waals surface area (Å²) in [6.45, 7) is 5.23. The largest absolute Gasteiger partial charge is 0.360 e. The van der Waals surface area contributed by atoms with E-state index in [9.17, 15) is 4.79 Å². The number of thiocarbonyl (C=S) groups is 1. The molecular weight excluding hydrogens is 705 g/mol. The molecule has 2 aliphatic heterocycles. The summed E-state index contributed by atoms with van der Waals surface area (Å²) in [6.07, 6.45) is 24.8. The molecule has 53 heavy (non-hydrogen) atoms. The number of hydrogen-bond acceptors (Lipinski definition) is 9. The smallest absolute Gasteiger partial charge is 0.279 e. The van der Waals surface area contributed by atoms with Gasteiger partial charge in [-0.1, -0.05) is 51.2 Å². The van der Waals surface area contributed by atoms with Crippen LogP contribution in [0.5, 0.6) is 0 Å². The molecule has 15 heteroatoms. The van der Waals surface area contributed by atoms with Gasteiger partial charge in [0.05, 0.1) is 21.9 Å². The van der Waals surface area contributed by atoms with Gasteiger partial charge in [0.25, 0.3) is 5.24 Å². The van der Waals surface area contributed by atoms with E-state index in [0.29, 0.717) is 18.6 Å². The zero-order valence-corrected chi connectivity index (χ0v) is 32.4. The number of nitrogens with zero attached hydrogens (tertiary/aromatic N) is 8. The number of aromatic amines is 2. The van der Waals surface area contributed by atoms with Crippen molar-refractivity contribution in [2.75, 3.05) is 49.1 Å². The van der Waals surface area contributed by atoms with Crippen molar-refractivity contribution >= 4 is 68.9 Å². The summed E-state index contributed by atoms with van der Waals surface area (Å²) in [5.41, 5.74) is 7.58. The average molecular weight is 759 g/mol. The third-order valence-electron chi connectivity index (χ3n) is 12.3. The number of aromatic nitrogens is 6. The first kappa shape index (κ1) is 36.3. The Bertz CT molecular complexity index is 1880. The van der Waals surface area contributed by atoms with E-state index < -0.39 is 0 Å². The molecule has 6 fully saturated rings. The first-order valence-corrected chi connectivity index (χ1v) is 20.6. The van der Waals surface area contributed by atoms with Crippen molar-refractivity contribution in [3.8, 4) is 0 Å². The van der Waals surface area contributed by atoms with Gasteiger partial charge in [-0.25, -0.2) is 19.9 Å². The van der Waals surface area contributed by atoms with E-state index in [-0.39, 0.29) is 16.3 Å². The van der Waals surface area contributed by atoms with Crippen molar-refractivity contribution in [3.05, 3.63) is 37.2 Å². The molecule has 4 saturated carbocycles. The van der Waals surface area contributed by atoms with Gasteiger partial charge in [-0.05, 0) is 75.7 Å². The molecule has 4 aromatic heterocycles. The molecule has 2 saturated heterocycles. The van der Waals surface area contributed by atoms with Crippen LogP contribution in [0.15, 0.2) is 37.2 Å². The third-order valence-corrected chi connectivity index (χ3v) is 12.9. The molecule has 2 spiro atoms. The Balaban J connectivity index is 0.000000131. The van der Waals surface area contributed by atoms with Crippen LogP contribution in [0.4, 0.5) is 16.4 Å². The van der Waals surface area contributed by atoms with Crippen LogP contribution in [0.1, 0.15) is 89.9 Å². The molecule has 0 atom stereocenters. The number of carbonyl (C=O) groups excluding carboxylic acids is 1. The van der Waals surface area contributed by atoms with Crippen LogP contribution in [-0.2, 0) is 0 Å². The summed E-state index contributed by atoms with van der Waals surface area (Å²) in [6, 6.07) is 5.19. The predicted octanol–water partition coefficient (Wildman–Crippen LogP) is 5.76. The van der Waals surface area contributed by atoms with Crippen molar-refractivity contribution in [1.29, 1.82) is 0 Å². The molecule has 6 aliphatic rings. The molecular formula is C38H54N12OS2. The number of fused-ring (bicyclic) bond motifs is 2. The number of nitrogens with two attached hydrogens (primary N) is 1. The average Bonchev–Trinajstić information content (AvgIpc) is 3.97. The molecule has 5 N–H and O–H groups in total. The van der Waals surface area contributed by atoms with E-state index in [1.165, 1.54) is 77.0 Å². The first-order chi connectivity index (χ1) is 25.8. The van der Waals surface area contributed by atoms with E-state index in [1.54, 1.807) is 12.7 Å². The van der Waals surface area contributed by atoms with Gasteiger partial charge in [-0.3, -0.25) is 4.79 Å². The Morgan fingerprint density at radius 1 is 0.736 bits per heavy atom. The summed E-state index contributed by atoms with van der Waals surface area (Å²) in [7, 11) is 0. The second-order valence-corrected chi connectivity index (χ2v) is 16.7. The highest BCUT2D eigenvalue weighted by Crippen LogP contribution is 2.47. The Labute approximate surface area is 322 Å². The Hall–Kier alpha value is -3.69. The summed E-state index contributed by atoms with van der Waals surface area (Å²) in [5.74, 6) is 2.00. The Morgan fingerprint density at radius 2 is 1.23 bits per heavy atom. The van der Waals surface area contributed by atoms with Crippen molar-refractivity contribution in [2.45, 2.75) is 113 Å². The van der Waals surface area contributed by atoms with Gasteiger partial charge in [-0.2, -0.15) is 0 Å². The highest BCUT2D eigenvalue weighted by molar-refractivity contribution is 7.96. The van der Waals surface area contributed by atoms with Gasteiger partial charge in [-0.15, -0.1) is 0 Å². The lowest BCUT2D eigenvalue weighted by molar-refractivity contribution is 0.180. The number of thiol groups is 1. The molecule has 284 valence electrons. The molecule has 0 radical (unpaired) electrons. The number of nitrogens with one attached hydrogen (secondary N) is 3. The Morgan fingerprint density at radius 3 is 1.70 bits per heavy atom. The molecule has 1 amide bonds. The molecule has 0 unspecified atom stereocenters. The number of amides is 1. The molecule has 0 aromatic carbocycles. The number of carbonyl (C=O) groups is 1. The molecule has 0 bridgehead atoms. The molecule has 10 rings (SSSR count). The molecule has 6 heterocycles. The standard InChI is InChI=1S/C19H26N6S.C13H15N5OS.C6H13N/c26-18(23-14-4-2-1-3-5-14)25-11-10-24(12-19(25)7-8-19)17-15-6-9-20-16(15)21-13-22-17;19-12(20)18-6-5-17(7-13(18)2-3-13)11-9-1-4-14-10(9)15-8-16-11;7-6-4-2-1-3-5-6/h6,9,13-14H,1-5,7-8,10-12H2,(H,23,26)(H,20,21,22);1,4,8H,2-3,5-7H2,(H,19,20)(H,14,15,16);6H,1-5,7H2. The van der Waals surface area contributed by atoms with Gasteiger partial charge in [0.15, 0.2) is 5.11 Å². The van der Waals surface area contributed by atoms with Crippen LogP contribution in [0.3, 0.4) is 0 Å². The van der Waals surface area contributed by atoms with Crippen LogP contribution in [0.2, 0.25) is 0 Å². The molecule has 13 nitrogen and oxygen atoms in total. The fourth-order valence-corrected chi connectivity index (χ4v) is 9.70. The normalized spacial score (nSPS) is 22.3. The number of rotatable bonds is 3. The minimum absolute atomic E-state index is 0.0232. The first-order valence-electron chi connectivity index (χ1n) is 19.7. The van der Waals surface area contributed by atoms with Gasteiger partial charge in [0, 0.05) is 63.7 Å². The van der Waals surface area contributed by atoms with Crippen LogP contribution in [-0.4, -0.2) is 112 Å². The van der Waals surface area contributed by atoms with Crippen molar-refractivity contribution in [2.24, 2.45) is 5.73 Å². The minimum Gasteiger partial charge on any atom is -0.360 e. The van der Waals surface area contributed by atoms with E-state index in [0.717, 1.165) is 84.4 Å². The number of anilines is 2. The SMILES string of the molecule is NC1CCCCC1.O=C(S)N1CCN(c2ncnc3[nH]ccc23)CC12CC2.S=C(NC1CCCCC1)N1CCN(c2ncnc3[nH]ccc23)CC12CC2. The highest BCUT2D eigenvalue weighted by Gasteiger charge is 2.54. The second kappa shape index (κ2) is 15.6. The molecule has 4 aliphatic carbocycles. The van der Waals surface area contributed by atoms with Gasteiger partial charge >= 0.3 is 0 Å². The van der Waals surface area contributed by atoms with E-state index in [2.05, 4.69) is 68.6 Å². The highest BCUT2D eigenvalue weighted by atomic mass is 32.1. The third kappa shape index (κ3) is 7.93. The summed E-state index contributed by atoms with van der Waals surface area (Å²) < 4.78 is 0. The number of hydrogen-bond donors (Lipinski definition) is 5. The monoisotopic (exact) mass is 758 g/mol. The van der Waals surface area contributed by atoms with Crippen molar-refractivity contribution in [1.82, 2.24) is 45.0 Å². The van der Waals surface area contributed by atoms with Gasteiger partial charge in [0.1, 0.15) is 35.6 Å². The zero-order valence-electron chi connectivity index (χ0n) is 30.7. The quantitative estimate of drug-likeness (QED) is 0.128. The van der Waals surface area contributed by atoms with E-state index in [4.69, 9.17) is 18.0 Å². The van der Waals surface area contributed by atoms with Crippen molar-refractivity contribution in [3.63, 3.8) is 0 Å². The van der Waals surface area contributed by atoms with Crippen LogP contribution >= 0.6 is 24.8 Å². The fraction of sp³-hybridized carbons (Fsp3) is 0.632. The van der Waals surface area contributed by atoms with Gasteiger partial charge < -0.3 is 40.6 Å². The maximum Gasteiger partial charge on any atom is 0.279 e. The maximum atomic E-state index is 11.6. The van der Waals surface area contributed by atoms with Crippen LogP contribution in [0.25, 0.3) is 22.1 Å². The lowest BCUT2D eigenvalue weighted by atomic mass is 9.96. The summed E-state index contributed by atoms with van der Waals surface area (Å²) >= 11 is 9.83. The van der Waals surface area contributed by atoms with Crippen molar-refractivity contribution < 1.29 is 4.79 Å². The second-order valence-electron chi connectivity index (χ2n) is 15.9. The lowest BCUT2D eigenvalue weighted by Gasteiger charge is -2.44. The lowest BCUT2D eigenvalue weighted by Crippen LogP contribution is -2.60. The Kier molecular flexibility index (Phi) is 10.7.